The van der Waals surface area contributed by atoms with Crippen LogP contribution < -0.4 is 4.74 Å². The molecule has 110 valence electrons. The van der Waals surface area contributed by atoms with E-state index in [0.29, 0.717) is 0 Å². The zero-order valence-electron chi connectivity index (χ0n) is 12.9. The maximum absolute atomic E-state index is 6.00. The monoisotopic (exact) mass is 281 g/mol. The third-order valence-electron chi connectivity index (χ3n) is 4.22. The number of nitrogens with zero attached hydrogens (tertiary/aromatic N) is 1. The van der Waals surface area contributed by atoms with Gasteiger partial charge in [0.25, 0.3) is 0 Å². The van der Waals surface area contributed by atoms with Gasteiger partial charge in [-0.1, -0.05) is 18.2 Å². The van der Waals surface area contributed by atoms with Crippen LogP contribution in [0.25, 0.3) is 0 Å². The Balaban J connectivity index is 1.71. The Bertz CT molecular complexity index is 615. The van der Waals surface area contributed by atoms with Crippen molar-refractivity contribution in [2.45, 2.75) is 33.2 Å². The molecule has 0 atom stereocenters. The zero-order chi connectivity index (χ0) is 14.7. The first-order chi connectivity index (χ1) is 10.2. The first kappa shape index (κ1) is 14.2. The highest BCUT2D eigenvalue weighted by Crippen LogP contribution is 2.25. The smallest absolute Gasteiger partial charge is 0.127 e. The molecule has 2 aromatic carbocycles. The van der Waals surface area contributed by atoms with Gasteiger partial charge in [0.1, 0.15) is 11.5 Å². The van der Waals surface area contributed by atoms with Gasteiger partial charge in [0.15, 0.2) is 0 Å². The molecule has 0 spiro atoms. The molecule has 2 nitrogen and oxygen atoms in total. The van der Waals surface area contributed by atoms with E-state index in [1.165, 1.54) is 42.6 Å². The Labute approximate surface area is 127 Å². The van der Waals surface area contributed by atoms with Crippen molar-refractivity contribution < 1.29 is 4.74 Å². The van der Waals surface area contributed by atoms with Crippen LogP contribution in [0.4, 0.5) is 0 Å². The summed E-state index contributed by atoms with van der Waals surface area (Å²) in [4.78, 5) is 2.51. The first-order valence-electron chi connectivity index (χ1n) is 7.77. The average Bonchev–Trinajstić information content (AvgIpc) is 2.96. The van der Waals surface area contributed by atoms with Crippen molar-refractivity contribution in [1.29, 1.82) is 0 Å². The predicted molar refractivity (Wildman–Crippen MR) is 86.9 cm³/mol. The summed E-state index contributed by atoms with van der Waals surface area (Å²) in [6.45, 7) is 7.72. The minimum Gasteiger partial charge on any atom is -0.457 e. The summed E-state index contributed by atoms with van der Waals surface area (Å²) in [6.07, 6.45) is 2.66. The van der Waals surface area contributed by atoms with Gasteiger partial charge in [0, 0.05) is 6.54 Å². The molecule has 21 heavy (non-hydrogen) atoms. The normalized spacial score (nSPS) is 15.3. The number of benzene rings is 2. The standard InChI is InChI=1S/C19H23NO/c1-15-8-9-19(12-16(15)2)21-18-7-5-6-17(13-18)14-20-10-3-4-11-20/h5-9,12-13H,3-4,10-11,14H2,1-2H3. The van der Waals surface area contributed by atoms with E-state index in [2.05, 4.69) is 49.1 Å². The van der Waals surface area contributed by atoms with Crippen LogP contribution in [0, 0.1) is 13.8 Å². The van der Waals surface area contributed by atoms with Crippen LogP contribution in [-0.2, 0) is 6.54 Å². The van der Waals surface area contributed by atoms with Gasteiger partial charge in [0.2, 0.25) is 0 Å². The molecule has 1 fully saturated rings. The van der Waals surface area contributed by atoms with Crippen molar-refractivity contribution >= 4 is 0 Å². The van der Waals surface area contributed by atoms with Crippen LogP contribution in [0.2, 0.25) is 0 Å². The average molecular weight is 281 g/mol. The molecule has 0 radical (unpaired) electrons. The van der Waals surface area contributed by atoms with Crippen LogP contribution >= 0.6 is 0 Å². The molecule has 1 aliphatic heterocycles. The van der Waals surface area contributed by atoms with Gasteiger partial charge >= 0.3 is 0 Å². The van der Waals surface area contributed by atoms with Crippen LogP contribution in [0.3, 0.4) is 0 Å². The maximum Gasteiger partial charge on any atom is 0.127 e. The number of ether oxygens (including phenoxy) is 1. The van der Waals surface area contributed by atoms with Crippen molar-refractivity contribution in [1.82, 2.24) is 4.90 Å². The van der Waals surface area contributed by atoms with E-state index < -0.39 is 0 Å². The van der Waals surface area contributed by atoms with Crippen molar-refractivity contribution in [3.8, 4) is 11.5 Å². The summed E-state index contributed by atoms with van der Waals surface area (Å²) in [7, 11) is 0. The van der Waals surface area contributed by atoms with Crippen LogP contribution in [-0.4, -0.2) is 18.0 Å². The fourth-order valence-electron chi connectivity index (χ4n) is 2.82. The first-order valence-corrected chi connectivity index (χ1v) is 7.77. The molecule has 2 aromatic rings. The van der Waals surface area contributed by atoms with E-state index in [-0.39, 0.29) is 0 Å². The van der Waals surface area contributed by atoms with Gasteiger partial charge in [-0.2, -0.15) is 0 Å². The summed E-state index contributed by atoms with van der Waals surface area (Å²) in [5, 5.41) is 0. The van der Waals surface area contributed by atoms with Crippen LogP contribution in [0.1, 0.15) is 29.5 Å². The van der Waals surface area contributed by atoms with Gasteiger partial charge in [0.05, 0.1) is 0 Å². The second kappa shape index (κ2) is 6.31. The van der Waals surface area contributed by atoms with E-state index in [1.54, 1.807) is 0 Å². The Morgan fingerprint density at radius 2 is 1.67 bits per heavy atom. The number of hydrogen-bond acceptors (Lipinski definition) is 2. The van der Waals surface area contributed by atoms with Crippen molar-refractivity contribution in [3.63, 3.8) is 0 Å². The predicted octanol–water partition coefficient (Wildman–Crippen LogP) is 4.69. The van der Waals surface area contributed by atoms with Crippen molar-refractivity contribution in [2.75, 3.05) is 13.1 Å². The highest BCUT2D eigenvalue weighted by Gasteiger charge is 2.12. The van der Waals surface area contributed by atoms with Crippen molar-refractivity contribution in [2.24, 2.45) is 0 Å². The largest absolute Gasteiger partial charge is 0.457 e. The van der Waals surface area contributed by atoms with Gasteiger partial charge < -0.3 is 4.74 Å². The molecule has 1 aliphatic rings. The SMILES string of the molecule is Cc1ccc(Oc2cccc(CN3CCCC3)c2)cc1C. The third-order valence-corrected chi connectivity index (χ3v) is 4.22. The van der Waals surface area contributed by atoms with E-state index in [4.69, 9.17) is 4.74 Å². The summed E-state index contributed by atoms with van der Waals surface area (Å²) >= 11 is 0. The molecule has 3 rings (SSSR count). The lowest BCUT2D eigenvalue weighted by atomic mass is 10.1. The number of likely N-dealkylation sites (tertiary alicyclic amines) is 1. The lowest BCUT2D eigenvalue weighted by Gasteiger charge is -2.15. The lowest BCUT2D eigenvalue weighted by Crippen LogP contribution is -2.18. The molecule has 0 saturated carbocycles. The minimum atomic E-state index is 0.913. The highest BCUT2D eigenvalue weighted by molar-refractivity contribution is 5.38. The lowest BCUT2D eigenvalue weighted by molar-refractivity contribution is 0.331. The number of aryl methyl sites for hydroxylation is 2. The molecule has 0 N–H and O–H groups in total. The topological polar surface area (TPSA) is 12.5 Å². The molecular weight excluding hydrogens is 258 g/mol. The quantitative estimate of drug-likeness (QED) is 0.806. The van der Waals surface area contributed by atoms with Gasteiger partial charge in [-0.25, -0.2) is 0 Å². The summed E-state index contributed by atoms with van der Waals surface area (Å²) in [5.74, 6) is 1.84. The fourth-order valence-corrected chi connectivity index (χ4v) is 2.82. The molecule has 1 saturated heterocycles. The summed E-state index contributed by atoms with van der Waals surface area (Å²) < 4.78 is 6.00. The van der Waals surface area contributed by atoms with Crippen LogP contribution in [0.15, 0.2) is 42.5 Å². The minimum absolute atomic E-state index is 0.913. The molecule has 0 bridgehead atoms. The Hall–Kier alpha value is -1.80. The molecule has 1 heterocycles. The van der Waals surface area contributed by atoms with Crippen molar-refractivity contribution in [3.05, 3.63) is 59.2 Å². The molecular formula is C19H23NO. The van der Waals surface area contributed by atoms with E-state index >= 15 is 0 Å². The molecule has 0 aliphatic carbocycles. The summed E-state index contributed by atoms with van der Waals surface area (Å²) in [5.41, 5.74) is 3.89. The maximum atomic E-state index is 6.00. The zero-order valence-corrected chi connectivity index (χ0v) is 12.9. The highest BCUT2D eigenvalue weighted by atomic mass is 16.5. The second-order valence-corrected chi connectivity index (χ2v) is 5.98. The van der Waals surface area contributed by atoms with E-state index in [1.807, 2.05) is 12.1 Å². The van der Waals surface area contributed by atoms with Crippen LogP contribution in [0.5, 0.6) is 11.5 Å². The third kappa shape index (κ3) is 3.64. The Kier molecular flexibility index (Phi) is 4.26. The molecule has 2 heteroatoms. The molecule has 0 amide bonds. The van der Waals surface area contributed by atoms with Gasteiger partial charge in [-0.15, -0.1) is 0 Å². The fraction of sp³-hybridized carbons (Fsp3) is 0.368. The Morgan fingerprint density at radius 1 is 0.905 bits per heavy atom. The van der Waals surface area contributed by atoms with E-state index in [9.17, 15) is 0 Å². The van der Waals surface area contributed by atoms with Gasteiger partial charge in [-0.3, -0.25) is 4.90 Å². The summed E-state index contributed by atoms with van der Waals surface area (Å²) in [6, 6.07) is 14.7. The molecule has 0 aromatic heterocycles. The molecule has 0 unspecified atom stereocenters. The van der Waals surface area contributed by atoms with Gasteiger partial charge in [-0.05, 0) is 80.7 Å². The van der Waals surface area contributed by atoms with E-state index in [0.717, 1.165) is 18.0 Å². The number of hydrogen-bond donors (Lipinski definition) is 0. The Morgan fingerprint density at radius 3 is 2.43 bits per heavy atom. The second-order valence-electron chi connectivity index (χ2n) is 5.98. The number of rotatable bonds is 4.